The van der Waals surface area contributed by atoms with Crippen molar-refractivity contribution in [2.45, 2.75) is 31.6 Å². The van der Waals surface area contributed by atoms with Crippen LogP contribution in [0, 0.1) is 11.6 Å². The molecular weight excluding hydrogens is 340 g/mol. The summed E-state index contributed by atoms with van der Waals surface area (Å²) < 4.78 is 52.7. The van der Waals surface area contributed by atoms with Crippen LogP contribution in [-0.4, -0.2) is 25.8 Å². The van der Waals surface area contributed by atoms with E-state index in [-0.39, 0.29) is 4.47 Å². The highest BCUT2D eigenvalue weighted by atomic mass is 79.9. The van der Waals surface area contributed by atoms with Crippen LogP contribution in [0.25, 0.3) is 0 Å². The third-order valence-electron chi connectivity index (χ3n) is 2.51. The second kappa shape index (κ2) is 6.76. The van der Waals surface area contributed by atoms with Crippen molar-refractivity contribution in [1.29, 1.82) is 0 Å². The first-order valence-corrected chi connectivity index (χ1v) is 8.22. The lowest BCUT2D eigenvalue weighted by atomic mass is 10.3. The number of hydrogen-bond acceptors (Lipinski definition) is 2. The number of benzene rings is 1. The number of nitrogens with zero attached hydrogens (tertiary/aromatic N) is 1. The van der Waals surface area contributed by atoms with Crippen molar-refractivity contribution in [3.63, 3.8) is 0 Å². The first-order valence-electron chi connectivity index (χ1n) is 5.99. The highest BCUT2D eigenvalue weighted by molar-refractivity contribution is 9.10. The molecule has 0 amide bonds. The molecule has 3 nitrogen and oxygen atoms in total. The molecule has 1 rings (SSSR count). The molecule has 108 valence electrons. The van der Waals surface area contributed by atoms with Gasteiger partial charge in [0, 0.05) is 23.6 Å². The molecule has 7 heteroatoms. The van der Waals surface area contributed by atoms with E-state index in [9.17, 15) is 17.2 Å². The van der Waals surface area contributed by atoms with E-state index in [2.05, 4.69) is 15.9 Å². The molecular formula is C12H16BrF2NO2S. The molecule has 0 aliphatic heterocycles. The van der Waals surface area contributed by atoms with Gasteiger partial charge in [0.2, 0.25) is 10.0 Å². The first-order chi connectivity index (χ1) is 8.84. The Hall–Kier alpha value is -0.530. The molecule has 0 fully saturated rings. The molecule has 0 saturated heterocycles. The summed E-state index contributed by atoms with van der Waals surface area (Å²) in [5.74, 6) is -1.90. The van der Waals surface area contributed by atoms with Gasteiger partial charge in [-0.2, -0.15) is 4.31 Å². The van der Waals surface area contributed by atoms with Gasteiger partial charge in [-0.25, -0.2) is 17.2 Å². The van der Waals surface area contributed by atoms with Crippen molar-refractivity contribution in [2.75, 3.05) is 13.1 Å². The molecule has 0 N–H and O–H groups in total. The minimum atomic E-state index is -3.96. The maximum Gasteiger partial charge on any atom is 0.247 e. The van der Waals surface area contributed by atoms with Gasteiger partial charge in [0.05, 0.1) is 0 Å². The third-order valence-corrected chi connectivity index (χ3v) is 5.37. The molecule has 1 aromatic rings. The fourth-order valence-electron chi connectivity index (χ4n) is 1.76. The van der Waals surface area contributed by atoms with E-state index in [1.807, 2.05) is 13.8 Å². The zero-order chi connectivity index (χ0) is 14.6. The van der Waals surface area contributed by atoms with Crippen LogP contribution in [0.15, 0.2) is 21.5 Å². The van der Waals surface area contributed by atoms with Crippen molar-refractivity contribution >= 4 is 26.0 Å². The number of hydrogen-bond donors (Lipinski definition) is 0. The highest BCUT2D eigenvalue weighted by Crippen LogP contribution is 2.29. The summed E-state index contributed by atoms with van der Waals surface area (Å²) in [6.45, 7) is 4.29. The quantitative estimate of drug-likeness (QED) is 0.782. The smallest absolute Gasteiger partial charge is 0.207 e. The Bertz CT molecular complexity index is 520. The van der Waals surface area contributed by atoms with Crippen molar-refractivity contribution in [3.8, 4) is 0 Å². The number of sulfonamides is 1. The van der Waals surface area contributed by atoms with E-state index in [0.717, 1.165) is 6.07 Å². The van der Waals surface area contributed by atoms with Crippen LogP contribution in [-0.2, 0) is 10.0 Å². The fraction of sp³-hybridized carbons (Fsp3) is 0.500. The maximum absolute atomic E-state index is 13.8. The zero-order valence-electron chi connectivity index (χ0n) is 10.8. The lowest BCUT2D eigenvalue weighted by Crippen LogP contribution is -2.33. The summed E-state index contributed by atoms with van der Waals surface area (Å²) in [4.78, 5) is -0.504. The van der Waals surface area contributed by atoms with Crippen LogP contribution in [0.2, 0.25) is 0 Å². The predicted molar refractivity (Wildman–Crippen MR) is 73.4 cm³/mol. The Morgan fingerprint density at radius 3 is 2.11 bits per heavy atom. The summed E-state index contributed by atoms with van der Waals surface area (Å²) in [5, 5.41) is 0. The number of halogens is 3. The second-order valence-electron chi connectivity index (χ2n) is 4.10. The van der Waals surface area contributed by atoms with Crippen molar-refractivity contribution in [3.05, 3.63) is 28.2 Å². The van der Waals surface area contributed by atoms with E-state index in [0.29, 0.717) is 32.0 Å². The molecule has 0 bridgehead atoms. The van der Waals surface area contributed by atoms with E-state index in [4.69, 9.17) is 0 Å². The molecule has 0 aliphatic carbocycles. The van der Waals surface area contributed by atoms with Crippen molar-refractivity contribution in [1.82, 2.24) is 4.31 Å². The Morgan fingerprint density at radius 1 is 1.16 bits per heavy atom. The summed E-state index contributed by atoms with van der Waals surface area (Å²) in [5.41, 5.74) is 0. The molecule has 1 aromatic carbocycles. The first kappa shape index (κ1) is 16.5. The van der Waals surface area contributed by atoms with Gasteiger partial charge in [-0.3, -0.25) is 0 Å². The van der Waals surface area contributed by atoms with Gasteiger partial charge in [0.25, 0.3) is 0 Å². The van der Waals surface area contributed by atoms with E-state index >= 15 is 0 Å². The Kier molecular flexibility index (Phi) is 5.88. The third kappa shape index (κ3) is 3.73. The van der Waals surface area contributed by atoms with Crippen molar-refractivity contribution < 1.29 is 17.2 Å². The minimum Gasteiger partial charge on any atom is -0.207 e. The lowest BCUT2D eigenvalue weighted by molar-refractivity contribution is 0.405. The average Bonchev–Trinajstić information content (AvgIpc) is 2.26. The van der Waals surface area contributed by atoms with Crippen LogP contribution >= 0.6 is 15.9 Å². The molecule has 0 saturated carbocycles. The summed E-state index contributed by atoms with van der Waals surface area (Å²) in [6.07, 6.45) is 1.25. The lowest BCUT2D eigenvalue weighted by Gasteiger charge is -2.22. The van der Waals surface area contributed by atoms with Gasteiger partial charge in [-0.1, -0.05) is 13.8 Å². The Balaban J connectivity index is 3.33. The fourth-order valence-corrected chi connectivity index (χ4v) is 4.49. The molecule has 0 spiro atoms. The van der Waals surface area contributed by atoms with Gasteiger partial charge in [-0.05, 0) is 34.8 Å². The summed E-state index contributed by atoms with van der Waals surface area (Å²) in [7, 11) is -3.96. The van der Waals surface area contributed by atoms with Crippen LogP contribution in [0.3, 0.4) is 0 Å². The second-order valence-corrected chi connectivity index (χ2v) is 6.83. The number of rotatable bonds is 6. The van der Waals surface area contributed by atoms with Gasteiger partial charge < -0.3 is 0 Å². The predicted octanol–water partition coefficient (Wildman–Crippen LogP) is 3.54. The molecule has 0 unspecified atom stereocenters. The molecule has 0 radical (unpaired) electrons. The van der Waals surface area contributed by atoms with E-state index in [1.165, 1.54) is 4.31 Å². The molecule has 0 aliphatic rings. The standard InChI is InChI=1S/C12H16BrF2NO2S/c1-3-5-16(6-4-2)19(17,18)12-10(13)7-9(14)8-11(12)15/h7-8H,3-6H2,1-2H3. The van der Waals surface area contributed by atoms with Crippen molar-refractivity contribution in [2.24, 2.45) is 0 Å². The Morgan fingerprint density at radius 2 is 1.68 bits per heavy atom. The van der Waals surface area contributed by atoms with Gasteiger partial charge >= 0.3 is 0 Å². The molecule has 0 aromatic heterocycles. The minimum absolute atomic E-state index is 0.0952. The van der Waals surface area contributed by atoms with Crippen LogP contribution < -0.4 is 0 Å². The van der Waals surface area contributed by atoms with Crippen LogP contribution in [0.5, 0.6) is 0 Å². The normalized spacial score (nSPS) is 12.1. The maximum atomic E-state index is 13.8. The molecule has 0 atom stereocenters. The Labute approximate surface area is 120 Å². The van der Waals surface area contributed by atoms with Gasteiger partial charge in [0.15, 0.2) is 0 Å². The van der Waals surface area contributed by atoms with Gasteiger partial charge in [0.1, 0.15) is 16.5 Å². The van der Waals surface area contributed by atoms with Gasteiger partial charge in [-0.15, -0.1) is 0 Å². The van der Waals surface area contributed by atoms with Crippen LogP contribution in [0.4, 0.5) is 8.78 Å². The zero-order valence-corrected chi connectivity index (χ0v) is 13.2. The van der Waals surface area contributed by atoms with E-state index < -0.39 is 26.6 Å². The topological polar surface area (TPSA) is 37.4 Å². The summed E-state index contributed by atoms with van der Waals surface area (Å²) in [6, 6.07) is 1.53. The average molecular weight is 356 g/mol. The summed E-state index contributed by atoms with van der Waals surface area (Å²) >= 11 is 2.92. The van der Waals surface area contributed by atoms with Crippen LogP contribution in [0.1, 0.15) is 26.7 Å². The van der Waals surface area contributed by atoms with E-state index in [1.54, 1.807) is 0 Å². The molecule has 0 heterocycles. The SMILES string of the molecule is CCCN(CCC)S(=O)(=O)c1c(F)cc(F)cc1Br. The largest absolute Gasteiger partial charge is 0.247 e. The molecule has 19 heavy (non-hydrogen) atoms. The monoisotopic (exact) mass is 355 g/mol. The highest BCUT2D eigenvalue weighted by Gasteiger charge is 2.29.